The number of aliphatic hydroxyl groups is 3. The molecule has 2 aliphatic heterocycles. The Morgan fingerprint density at radius 1 is 1.24 bits per heavy atom. The summed E-state index contributed by atoms with van der Waals surface area (Å²) < 4.78 is 16.9. The summed E-state index contributed by atoms with van der Waals surface area (Å²) in [6.07, 6.45) is -4.35. The van der Waals surface area contributed by atoms with Crippen molar-refractivity contribution in [3.63, 3.8) is 0 Å². The minimum absolute atomic E-state index is 0.386. The molecule has 0 aromatic heterocycles. The van der Waals surface area contributed by atoms with E-state index >= 15 is 0 Å². The van der Waals surface area contributed by atoms with Gasteiger partial charge in [0.05, 0.1) is 24.7 Å². The zero-order valence-electron chi connectivity index (χ0n) is 12.0. The fraction of sp³-hybridized carbons (Fsp3) is 0.600. The molecule has 6 nitrogen and oxygen atoms in total. The van der Waals surface area contributed by atoms with E-state index in [2.05, 4.69) is 0 Å². The van der Waals surface area contributed by atoms with Crippen LogP contribution in [0, 0.1) is 12.8 Å². The van der Waals surface area contributed by atoms with Crippen molar-refractivity contribution in [2.45, 2.75) is 37.6 Å². The summed E-state index contributed by atoms with van der Waals surface area (Å²) in [6, 6.07) is 5.70. The summed E-state index contributed by atoms with van der Waals surface area (Å²) in [7, 11) is 1.55. The average molecular weight is 296 g/mol. The Kier molecular flexibility index (Phi) is 3.90. The number of hydrogen-bond acceptors (Lipinski definition) is 6. The highest BCUT2D eigenvalue weighted by atomic mass is 16.7. The van der Waals surface area contributed by atoms with Gasteiger partial charge in [-0.25, -0.2) is 0 Å². The van der Waals surface area contributed by atoms with Crippen LogP contribution >= 0.6 is 0 Å². The molecule has 1 aromatic rings. The van der Waals surface area contributed by atoms with Crippen molar-refractivity contribution < 1.29 is 29.5 Å². The monoisotopic (exact) mass is 296 g/mol. The van der Waals surface area contributed by atoms with E-state index in [0.717, 1.165) is 11.1 Å². The normalized spacial score (nSPS) is 38.3. The summed E-state index contributed by atoms with van der Waals surface area (Å²) >= 11 is 0. The van der Waals surface area contributed by atoms with Crippen LogP contribution in [0.2, 0.25) is 0 Å². The number of aliphatic hydroxyl groups excluding tert-OH is 3. The highest BCUT2D eigenvalue weighted by molar-refractivity contribution is 5.41. The van der Waals surface area contributed by atoms with Crippen molar-refractivity contribution in [2.75, 3.05) is 13.7 Å². The predicted octanol–water partition coefficient (Wildman–Crippen LogP) is 0.130. The molecule has 2 heterocycles. The van der Waals surface area contributed by atoms with Gasteiger partial charge < -0.3 is 29.5 Å². The molecule has 1 aromatic carbocycles. The van der Waals surface area contributed by atoms with Crippen molar-refractivity contribution in [3.8, 4) is 5.75 Å². The lowest BCUT2D eigenvalue weighted by atomic mass is 9.81. The summed E-state index contributed by atoms with van der Waals surface area (Å²) in [5, 5.41) is 29.7. The minimum atomic E-state index is -1.18. The van der Waals surface area contributed by atoms with Crippen molar-refractivity contribution in [3.05, 3.63) is 29.3 Å². The van der Waals surface area contributed by atoms with Gasteiger partial charge in [-0.15, -0.1) is 0 Å². The molecule has 0 saturated carbocycles. The molecule has 0 aliphatic carbocycles. The number of rotatable bonds is 2. The Balaban J connectivity index is 2.00. The Morgan fingerprint density at radius 3 is 2.67 bits per heavy atom. The molecular formula is C15H20O6. The number of ether oxygens (including phenoxy) is 3. The average Bonchev–Trinajstić information content (AvgIpc) is 2.49. The Labute approximate surface area is 122 Å². The topological polar surface area (TPSA) is 88.4 Å². The van der Waals surface area contributed by atoms with E-state index < -0.39 is 36.6 Å². The number of hydrogen-bond donors (Lipinski definition) is 3. The molecule has 21 heavy (non-hydrogen) atoms. The highest BCUT2D eigenvalue weighted by Gasteiger charge is 2.52. The largest absolute Gasteiger partial charge is 0.464 e. The lowest BCUT2D eigenvalue weighted by molar-refractivity contribution is -0.285. The smallest absolute Gasteiger partial charge is 0.208 e. The summed E-state index contributed by atoms with van der Waals surface area (Å²) in [4.78, 5) is 0. The first kappa shape index (κ1) is 14.7. The van der Waals surface area contributed by atoms with Gasteiger partial charge in [-0.3, -0.25) is 0 Å². The zero-order valence-corrected chi connectivity index (χ0v) is 12.0. The van der Waals surface area contributed by atoms with E-state index in [1.165, 1.54) is 0 Å². The molecule has 0 unspecified atom stereocenters. The van der Waals surface area contributed by atoms with Crippen LogP contribution in [0.4, 0.5) is 0 Å². The maximum atomic E-state index is 10.4. The van der Waals surface area contributed by atoms with Gasteiger partial charge in [0.15, 0.2) is 0 Å². The van der Waals surface area contributed by atoms with Gasteiger partial charge in [-0.2, -0.15) is 0 Å². The maximum Gasteiger partial charge on any atom is 0.208 e. The van der Waals surface area contributed by atoms with E-state index in [9.17, 15) is 15.3 Å². The first-order chi connectivity index (χ1) is 10.1. The molecule has 0 radical (unpaired) electrons. The standard InChI is InChI=1S/C15H20O6/c1-7-3-4-9-8(5-7)14(19-2)11-13(18)12(17)10(6-16)21-15(11)20-9/h3-5,10-18H,6H2,1-2H3/t10-,11+,12+,13-,14+,15+/m1/s1. The third-order valence-corrected chi connectivity index (χ3v) is 4.25. The third-order valence-electron chi connectivity index (χ3n) is 4.25. The molecule has 6 heteroatoms. The molecular weight excluding hydrogens is 276 g/mol. The molecule has 0 bridgehead atoms. The molecule has 3 rings (SSSR count). The number of aryl methyl sites for hydroxylation is 1. The lowest BCUT2D eigenvalue weighted by Crippen LogP contribution is -2.60. The fourth-order valence-electron chi connectivity index (χ4n) is 3.15. The molecule has 2 aliphatic rings. The van der Waals surface area contributed by atoms with Crippen molar-refractivity contribution >= 4 is 0 Å². The van der Waals surface area contributed by atoms with E-state index in [1.807, 2.05) is 25.1 Å². The second-order valence-electron chi connectivity index (χ2n) is 5.60. The van der Waals surface area contributed by atoms with Gasteiger partial charge in [0.1, 0.15) is 18.0 Å². The van der Waals surface area contributed by atoms with Crippen molar-refractivity contribution in [1.82, 2.24) is 0 Å². The van der Waals surface area contributed by atoms with Crippen LogP contribution in [0.3, 0.4) is 0 Å². The van der Waals surface area contributed by atoms with Crippen LogP contribution in [0.15, 0.2) is 18.2 Å². The second-order valence-corrected chi connectivity index (χ2v) is 5.60. The summed E-state index contributed by atoms with van der Waals surface area (Å²) in [6.45, 7) is 1.58. The predicted molar refractivity (Wildman–Crippen MR) is 72.8 cm³/mol. The molecule has 6 atom stereocenters. The summed E-state index contributed by atoms with van der Waals surface area (Å²) in [5.74, 6) is 0.0797. The van der Waals surface area contributed by atoms with Crippen molar-refractivity contribution in [2.24, 2.45) is 5.92 Å². The van der Waals surface area contributed by atoms with E-state index in [1.54, 1.807) is 7.11 Å². The molecule has 1 fully saturated rings. The van der Waals surface area contributed by atoms with Gasteiger partial charge in [-0.05, 0) is 19.1 Å². The Bertz CT molecular complexity index is 519. The Hall–Kier alpha value is -1.18. The quantitative estimate of drug-likeness (QED) is 0.719. The first-order valence-electron chi connectivity index (χ1n) is 6.99. The first-order valence-corrected chi connectivity index (χ1v) is 6.99. The molecule has 0 amide bonds. The third kappa shape index (κ3) is 2.33. The van der Waals surface area contributed by atoms with Crippen LogP contribution in [-0.4, -0.2) is 53.6 Å². The van der Waals surface area contributed by atoms with Gasteiger partial charge in [0.2, 0.25) is 6.29 Å². The van der Waals surface area contributed by atoms with Gasteiger partial charge in [0, 0.05) is 12.7 Å². The fourth-order valence-corrected chi connectivity index (χ4v) is 3.15. The van der Waals surface area contributed by atoms with Crippen LogP contribution in [0.1, 0.15) is 17.2 Å². The SMILES string of the molecule is CO[C@H]1c2cc(C)ccc2O[C@H]2O[C@H](CO)[C@H](O)[C@H](O)[C@H]21. The molecule has 3 N–H and O–H groups in total. The molecule has 0 spiro atoms. The van der Waals surface area contributed by atoms with Crippen LogP contribution < -0.4 is 4.74 Å². The van der Waals surface area contributed by atoms with Gasteiger partial charge in [0.25, 0.3) is 0 Å². The van der Waals surface area contributed by atoms with Gasteiger partial charge >= 0.3 is 0 Å². The van der Waals surface area contributed by atoms with E-state index in [-0.39, 0.29) is 6.61 Å². The number of fused-ring (bicyclic) bond motifs is 2. The number of benzene rings is 1. The zero-order chi connectivity index (χ0) is 15.1. The van der Waals surface area contributed by atoms with Crippen LogP contribution in [0.25, 0.3) is 0 Å². The maximum absolute atomic E-state index is 10.4. The van der Waals surface area contributed by atoms with Crippen molar-refractivity contribution in [1.29, 1.82) is 0 Å². The van der Waals surface area contributed by atoms with E-state index in [0.29, 0.717) is 5.75 Å². The lowest BCUT2D eigenvalue weighted by Gasteiger charge is -2.47. The number of methoxy groups -OCH3 is 1. The Morgan fingerprint density at radius 2 is 2.00 bits per heavy atom. The minimum Gasteiger partial charge on any atom is -0.464 e. The van der Waals surface area contributed by atoms with Crippen LogP contribution in [-0.2, 0) is 9.47 Å². The van der Waals surface area contributed by atoms with Crippen LogP contribution in [0.5, 0.6) is 5.75 Å². The van der Waals surface area contributed by atoms with E-state index in [4.69, 9.17) is 14.2 Å². The summed E-state index contributed by atoms with van der Waals surface area (Å²) in [5.41, 5.74) is 1.88. The van der Waals surface area contributed by atoms with Gasteiger partial charge in [-0.1, -0.05) is 11.6 Å². The molecule has 1 saturated heterocycles. The second kappa shape index (κ2) is 5.55. The highest BCUT2D eigenvalue weighted by Crippen LogP contribution is 2.45. The molecule has 116 valence electrons.